The van der Waals surface area contributed by atoms with Gasteiger partial charge in [-0.25, -0.2) is 0 Å². The zero-order valence-electron chi connectivity index (χ0n) is 12.2. The third kappa shape index (κ3) is 3.69. The van der Waals surface area contributed by atoms with Crippen LogP contribution in [0.25, 0.3) is 0 Å². The molecule has 0 aliphatic heterocycles. The third-order valence-corrected chi connectivity index (χ3v) is 4.82. The van der Waals surface area contributed by atoms with E-state index in [0.29, 0.717) is 18.4 Å². The number of carboxylic acid groups (broad SMARTS) is 1. The Kier molecular flexibility index (Phi) is 4.46. The van der Waals surface area contributed by atoms with Gasteiger partial charge >= 0.3 is 5.97 Å². The molecule has 1 aromatic heterocycles. The molecular weight excluding hydrogens is 290 g/mol. The number of hydrogen-bond donors (Lipinski definition) is 2. The number of carbonyl (C=O) groups is 3. The Bertz CT molecular complexity index is 586. The number of aryl methyl sites for hydroxylation is 2. The summed E-state index contributed by atoms with van der Waals surface area (Å²) < 4.78 is 0. The number of amides is 1. The van der Waals surface area contributed by atoms with E-state index in [-0.39, 0.29) is 31.1 Å². The largest absolute Gasteiger partial charge is 0.481 e. The lowest BCUT2D eigenvalue weighted by atomic mass is 10.1. The second kappa shape index (κ2) is 5.97. The molecule has 0 atom stereocenters. The molecule has 1 aliphatic carbocycles. The first-order valence-corrected chi connectivity index (χ1v) is 7.76. The molecule has 1 amide bonds. The number of aliphatic carboxylic acids is 1. The van der Waals surface area contributed by atoms with Crippen LogP contribution < -0.4 is 5.32 Å². The topological polar surface area (TPSA) is 83.5 Å². The number of Topliss-reactive ketones (excluding diaryl/α,β-unsaturated/α-hetero) is 1. The normalized spacial score (nSPS) is 15.5. The second-order valence-electron chi connectivity index (χ2n) is 5.61. The van der Waals surface area contributed by atoms with Crippen LogP contribution in [0.3, 0.4) is 0 Å². The first-order chi connectivity index (χ1) is 9.84. The van der Waals surface area contributed by atoms with E-state index >= 15 is 0 Å². The lowest BCUT2D eigenvalue weighted by molar-refractivity contribution is -0.143. The molecule has 1 aromatic rings. The molecule has 1 heterocycles. The van der Waals surface area contributed by atoms with Crippen molar-refractivity contribution in [1.29, 1.82) is 0 Å². The van der Waals surface area contributed by atoms with Gasteiger partial charge in [0, 0.05) is 34.7 Å². The van der Waals surface area contributed by atoms with Crippen molar-refractivity contribution in [1.82, 2.24) is 5.32 Å². The van der Waals surface area contributed by atoms with Crippen LogP contribution in [0.15, 0.2) is 6.07 Å². The van der Waals surface area contributed by atoms with Crippen LogP contribution in [-0.4, -0.2) is 29.3 Å². The molecule has 0 spiro atoms. The van der Waals surface area contributed by atoms with Gasteiger partial charge in [0.25, 0.3) is 0 Å². The van der Waals surface area contributed by atoms with Gasteiger partial charge < -0.3 is 10.4 Å². The molecule has 0 radical (unpaired) electrons. The Balaban J connectivity index is 1.78. The van der Waals surface area contributed by atoms with Crippen molar-refractivity contribution in [3.05, 3.63) is 21.4 Å². The molecule has 0 saturated heterocycles. The zero-order valence-corrected chi connectivity index (χ0v) is 13.0. The van der Waals surface area contributed by atoms with Crippen molar-refractivity contribution >= 4 is 29.0 Å². The molecule has 2 rings (SSSR count). The van der Waals surface area contributed by atoms with Gasteiger partial charge in [-0.05, 0) is 32.8 Å². The van der Waals surface area contributed by atoms with Crippen molar-refractivity contribution in [3.63, 3.8) is 0 Å². The summed E-state index contributed by atoms with van der Waals surface area (Å²) in [6.45, 7) is 4.00. The predicted octanol–water partition coefficient (Wildman–Crippen LogP) is 2.31. The summed E-state index contributed by atoms with van der Waals surface area (Å²) in [6.07, 6.45) is 1.47. The number of nitrogens with one attached hydrogen (secondary N) is 1. The molecule has 2 N–H and O–H groups in total. The van der Waals surface area contributed by atoms with Gasteiger partial charge in [-0.15, -0.1) is 11.3 Å². The van der Waals surface area contributed by atoms with E-state index in [2.05, 4.69) is 5.32 Å². The Morgan fingerprint density at radius 3 is 2.43 bits per heavy atom. The average molecular weight is 309 g/mol. The van der Waals surface area contributed by atoms with Gasteiger partial charge in [-0.3, -0.25) is 14.4 Å². The van der Waals surface area contributed by atoms with Gasteiger partial charge in [-0.1, -0.05) is 0 Å². The van der Waals surface area contributed by atoms with Gasteiger partial charge in [0.2, 0.25) is 5.91 Å². The van der Waals surface area contributed by atoms with Crippen molar-refractivity contribution < 1.29 is 19.5 Å². The predicted molar refractivity (Wildman–Crippen MR) is 79.7 cm³/mol. The summed E-state index contributed by atoms with van der Waals surface area (Å²) in [7, 11) is 0. The highest BCUT2D eigenvalue weighted by Crippen LogP contribution is 2.45. The summed E-state index contributed by atoms with van der Waals surface area (Å²) in [6, 6.07) is 1.85. The van der Waals surface area contributed by atoms with E-state index in [1.54, 1.807) is 11.3 Å². The van der Waals surface area contributed by atoms with Gasteiger partial charge in [0.15, 0.2) is 5.78 Å². The van der Waals surface area contributed by atoms with Crippen LogP contribution in [0.4, 0.5) is 0 Å². The van der Waals surface area contributed by atoms with Crippen LogP contribution in [0, 0.1) is 19.3 Å². The molecule has 1 fully saturated rings. The van der Waals surface area contributed by atoms with Gasteiger partial charge in [0.05, 0.1) is 5.41 Å². The van der Waals surface area contributed by atoms with Crippen molar-refractivity contribution in [3.8, 4) is 0 Å². The van der Waals surface area contributed by atoms with Crippen molar-refractivity contribution in [2.24, 2.45) is 5.41 Å². The SMILES string of the molecule is Cc1cc(C(=O)CCC(=O)NCC2(C(=O)O)CC2)c(C)s1. The van der Waals surface area contributed by atoms with Gasteiger partial charge in [-0.2, -0.15) is 0 Å². The van der Waals surface area contributed by atoms with Crippen molar-refractivity contribution in [2.75, 3.05) is 6.54 Å². The minimum atomic E-state index is -0.858. The monoisotopic (exact) mass is 309 g/mol. The Morgan fingerprint density at radius 2 is 1.95 bits per heavy atom. The summed E-state index contributed by atoms with van der Waals surface area (Å²) >= 11 is 1.57. The maximum atomic E-state index is 12.0. The number of ketones is 1. The molecule has 1 saturated carbocycles. The summed E-state index contributed by atoms with van der Waals surface area (Å²) in [5, 5.41) is 11.6. The number of hydrogen-bond acceptors (Lipinski definition) is 4. The number of carbonyl (C=O) groups excluding carboxylic acids is 2. The van der Waals surface area contributed by atoms with Crippen LogP contribution in [0.1, 0.15) is 45.8 Å². The maximum Gasteiger partial charge on any atom is 0.311 e. The number of thiophene rings is 1. The highest BCUT2D eigenvalue weighted by Gasteiger charge is 2.50. The highest BCUT2D eigenvalue weighted by atomic mass is 32.1. The Morgan fingerprint density at radius 1 is 1.29 bits per heavy atom. The van der Waals surface area contributed by atoms with Crippen LogP contribution in [0.5, 0.6) is 0 Å². The zero-order chi connectivity index (χ0) is 15.6. The maximum absolute atomic E-state index is 12.0. The van der Waals surface area contributed by atoms with E-state index in [0.717, 1.165) is 9.75 Å². The van der Waals surface area contributed by atoms with E-state index in [1.165, 1.54) is 0 Å². The molecule has 0 bridgehead atoms. The molecule has 0 unspecified atom stereocenters. The summed E-state index contributed by atoms with van der Waals surface area (Å²) in [5.41, 5.74) is -0.0738. The first-order valence-electron chi connectivity index (χ1n) is 6.94. The molecule has 114 valence electrons. The fourth-order valence-electron chi connectivity index (χ4n) is 2.24. The smallest absolute Gasteiger partial charge is 0.311 e. The second-order valence-corrected chi connectivity index (χ2v) is 7.07. The summed E-state index contributed by atoms with van der Waals surface area (Å²) in [4.78, 5) is 36.8. The highest BCUT2D eigenvalue weighted by molar-refractivity contribution is 7.12. The quantitative estimate of drug-likeness (QED) is 0.757. The molecule has 1 aliphatic rings. The number of carboxylic acids is 1. The Hall–Kier alpha value is -1.69. The molecule has 0 aromatic carbocycles. The lowest BCUT2D eigenvalue weighted by Crippen LogP contribution is -2.34. The standard InChI is InChI=1S/C15H19NO4S/c1-9-7-11(10(2)21-9)12(17)3-4-13(18)16-8-15(5-6-15)14(19)20/h7H,3-6,8H2,1-2H3,(H,16,18)(H,19,20). The Labute approximate surface area is 127 Å². The fraction of sp³-hybridized carbons (Fsp3) is 0.533. The van der Waals surface area contributed by atoms with Crippen LogP contribution in [-0.2, 0) is 9.59 Å². The minimum Gasteiger partial charge on any atom is -0.481 e. The first kappa shape index (κ1) is 15.7. The summed E-state index contributed by atoms with van der Waals surface area (Å²) in [5.74, 6) is -1.16. The van der Waals surface area contributed by atoms with Crippen molar-refractivity contribution in [2.45, 2.75) is 39.5 Å². The fourth-order valence-corrected chi connectivity index (χ4v) is 3.19. The van der Waals surface area contributed by atoms with Gasteiger partial charge in [0.1, 0.15) is 0 Å². The molecule has 21 heavy (non-hydrogen) atoms. The van der Waals surface area contributed by atoms with E-state index < -0.39 is 11.4 Å². The average Bonchev–Trinajstić information content (AvgIpc) is 3.14. The minimum absolute atomic E-state index is 0.0358. The van der Waals surface area contributed by atoms with E-state index in [9.17, 15) is 14.4 Å². The number of rotatable bonds is 7. The van der Waals surface area contributed by atoms with E-state index in [4.69, 9.17) is 5.11 Å². The van der Waals surface area contributed by atoms with E-state index in [1.807, 2.05) is 19.9 Å². The third-order valence-electron chi connectivity index (χ3n) is 3.85. The molecule has 6 heteroatoms. The van der Waals surface area contributed by atoms with Crippen LogP contribution in [0.2, 0.25) is 0 Å². The molecular formula is C15H19NO4S. The van der Waals surface area contributed by atoms with Crippen LogP contribution >= 0.6 is 11.3 Å². The molecule has 5 nitrogen and oxygen atoms in total. The lowest BCUT2D eigenvalue weighted by Gasteiger charge is -2.10.